The summed E-state index contributed by atoms with van der Waals surface area (Å²) < 4.78 is 18.8. The highest BCUT2D eigenvalue weighted by atomic mass is 127. The van der Waals surface area contributed by atoms with Gasteiger partial charge in [0.25, 0.3) is 0 Å². The largest absolute Gasteiger partial charge is 0.493 e. The summed E-state index contributed by atoms with van der Waals surface area (Å²) in [7, 11) is 1.58. The van der Waals surface area contributed by atoms with Gasteiger partial charge in [-0.05, 0) is 111 Å². The van der Waals surface area contributed by atoms with Crippen molar-refractivity contribution in [1.29, 1.82) is 0 Å². The molecule has 0 atom stereocenters. The van der Waals surface area contributed by atoms with Gasteiger partial charge in [-0.1, -0.05) is 23.7 Å². The molecule has 0 amide bonds. The van der Waals surface area contributed by atoms with Crippen LogP contribution in [0.15, 0.2) is 71.4 Å². The second-order valence-electron chi connectivity index (χ2n) is 6.79. The maximum Gasteiger partial charge on any atom is 0.363 e. The molecule has 5 nitrogen and oxygen atoms in total. The van der Waals surface area contributed by atoms with Gasteiger partial charge in [-0.2, -0.15) is 0 Å². The van der Waals surface area contributed by atoms with E-state index in [1.807, 2.05) is 54.6 Å². The van der Waals surface area contributed by atoms with Gasteiger partial charge in [0, 0.05) is 14.2 Å². The van der Waals surface area contributed by atoms with Gasteiger partial charge >= 0.3 is 5.97 Å². The van der Waals surface area contributed by atoms with Crippen LogP contribution < -0.4 is 9.47 Å². The van der Waals surface area contributed by atoms with Crippen LogP contribution in [0.2, 0.25) is 5.02 Å². The van der Waals surface area contributed by atoms with Gasteiger partial charge in [0.2, 0.25) is 5.90 Å². The third-order valence-electron chi connectivity index (χ3n) is 4.56. The fourth-order valence-electron chi connectivity index (χ4n) is 2.98. The molecule has 162 valence electrons. The average Bonchev–Trinajstić information content (AvgIpc) is 3.14. The lowest BCUT2D eigenvalue weighted by Crippen LogP contribution is -2.05. The lowest BCUT2D eigenvalue weighted by Gasteiger charge is -2.14. The molecule has 32 heavy (non-hydrogen) atoms. The summed E-state index contributed by atoms with van der Waals surface area (Å²) in [5.41, 5.74) is 2.72. The van der Waals surface area contributed by atoms with Crippen molar-refractivity contribution in [2.45, 2.75) is 6.61 Å². The maximum atomic E-state index is 12.3. The molecule has 0 fully saturated rings. The predicted octanol–water partition coefficient (Wildman–Crippen LogP) is 6.48. The Kier molecular flexibility index (Phi) is 7.37. The molecule has 0 spiro atoms. The minimum Gasteiger partial charge on any atom is -0.493 e. The van der Waals surface area contributed by atoms with E-state index >= 15 is 0 Å². The van der Waals surface area contributed by atoms with E-state index in [4.69, 9.17) is 25.8 Å². The Hall–Kier alpha value is -2.11. The Morgan fingerprint density at radius 2 is 1.78 bits per heavy atom. The summed E-state index contributed by atoms with van der Waals surface area (Å²) >= 11 is 10.3. The minimum absolute atomic E-state index is 0.228. The molecule has 0 aromatic heterocycles. The number of carbonyl (C=O) groups is 1. The molecule has 3 aromatic carbocycles. The van der Waals surface area contributed by atoms with Crippen molar-refractivity contribution in [3.8, 4) is 11.5 Å². The molecule has 0 saturated carbocycles. The number of esters is 1. The number of carbonyl (C=O) groups excluding carboxylic acids is 1. The Morgan fingerprint density at radius 3 is 2.47 bits per heavy atom. The smallest absolute Gasteiger partial charge is 0.363 e. The second kappa shape index (κ2) is 10.2. The van der Waals surface area contributed by atoms with Crippen LogP contribution in [-0.4, -0.2) is 19.0 Å². The zero-order chi connectivity index (χ0) is 22.7. The maximum absolute atomic E-state index is 12.3. The van der Waals surface area contributed by atoms with Gasteiger partial charge in [-0.3, -0.25) is 0 Å². The van der Waals surface area contributed by atoms with E-state index in [-0.39, 0.29) is 5.70 Å². The highest BCUT2D eigenvalue weighted by Crippen LogP contribution is 2.35. The highest BCUT2D eigenvalue weighted by molar-refractivity contribution is 14.1. The van der Waals surface area contributed by atoms with Crippen LogP contribution in [0.1, 0.15) is 16.7 Å². The SMILES string of the molecule is COc1cc(/C=C2\N=C(c3ccc(I)cc3)OC2=O)cc(I)c1OCc1ccc(Cl)cc1. The van der Waals surface area contributed by atoms with Crippen molar-refractivity contribution in [3.05, 3.63) is 95.2 Å². The Labute approximate surface area is 217 Å². The third-order valence-corrected chi connectivity index (χ3v) is 6.34. The molecule has 3 aromatic rings. The van der Waals surface area contributed by atoms with Crippen molar-refractivity contribution in [1.82, 2.24) is 0 Å². The van der Waals surface area contributed by atoms with E-state index in [0.717, 1.165) is 23.8 Å². The van der Waals surface area contributed by atoms with E-state index in [0.29, 0.717) is 29.0 Å². The fourth-order valence-corrected chi connectivity index (χ4v) is 4.25. The summed E-state index contributed by atoms with van der Waals surface area (Å²) in [5, 5.41) is 0.677. The molecule has 1 aliphatic rings. The summed E-state index contributed by atoms with van der Waals surface area (Å²) in [6.45, 7) is 0.375. The lowest BCUT2D eigenvalue weighted by atomic mass is 10.1. The quantitative estimate of drug-likeness (QED) is 0.171. The van der Waals surface area contributed by atoms with Crippen LogP contribution in [0.3, 0.4) is 0 Å². The first-order valence-electron chi connectivity index (χ1n) is 9.46. The minimum atomic E-state index is -0.490. The predicted molar refractivity (Wildman–Crippen MR) is 141 cm³/mol. The Bertz CT molecular complexity index is 1220. The van der Waals surface area contributed by atoms with Crippen molar-refractivity contribution in [2.75, 3.05) is 7.11 Å². The Balaban J connectivity index is 1.58. The number of hydrogen-bond acceptors (Lipinski definition) is 5. The van der Waals surface area contributed by atoms with Gasteiger partial charge in [-0.25, -0.2) is 9.79 Å². The summed E-state index contributed by atoms with van der Waals surface area (Å²) in [4.78, 5) is 16.7. The molecule has 0 radical (unpaired) electrons. The van der Waals surface area contributed by atoms with Crippen LogP contribution in [0.25, 0.3) is 6.08 Å². The summed E-state index contributed by atoms with van der Waals surface area (Å²) in [6, 6.07) is 18.8. The fraction of sp³-hybridized carbons (Fsp3) is 0.0833. The molecule has 4 rings (SSSR count). The number of benzene rings is 3. The lowest BCUT2D eigenvalue weighted by molar-refractivity contribution is -0.129. The first kappa shape index (κ1) is 23.1. The zero-order valence-corrected chi connectivity index (χ0v) is 21.8. The standard InChI is InChI=1S/C24H16ClI2NO4/c1-30-21-12-15(10-19(27)22(21)31-13-14-2-6-17(25)7-3-14)11-20-24(29)32-23(28-20)16-4-8-18(26)9-5-16/h2-12H,13H2,1H3/b20-11-. The molecule has 0 N–H and O–H groups in total. The first-order valence-corrected chi connectivity index (χ1v) is 12.0. The van der Waals surface area contributed by atoms with Crippen molar-refractivity contribution in [3.63, 3.8) is 0 Å². The molecule has 0 saturated heterocycles. The highest BCUT2D eigenvalue weighted by Gasteiger charge is 2.24. The van der Waals surface area contributed by atoms with Crippen LogP contribution in [0.5, 0.6) is 11.5 Å². The second-order valence-corrected chi connectivity index (χ2v) is 9.64. The summed E-state index contributed by atoms with van der Waals surface area (Å²) in [5.74, 6) is 0.992. The van der Waals surface area contributed by atoms with Crippen LogP contribution in [0.4, 0.5) is 0 Å². The van der Waals surface area contributed by atoms with Gasteiger partial charge in [0.05, 0.1) is 10.7 Å². The van der Waals surface area contributed by atoms with E-state index in [2.05, 4.69) is 50.2 Å². The molecule has 8 heteroatoms. The van der Waals surface area contributed by atoms with Crippen LogP contribution >= 0.6 is 56.8 Å². The van der Waals surface area contributed by atoms with Gasteiger partial charge in [-0.15, -0.1) is 0 Å². The van der Waals surface area contributed by atoms with Crippen molar-refractivity contribution in [2.24, 2.45) is 4.99 Å². The van der Waals surface area contributed by atoms with E-state index in [9.17, 15) is 4.79 Å². The molecule has 0 bridgehead atoms. The molecule has 0 unspecified atom stereocenters. The Morgan fingerprint density at radius 1 is 1.06 bits per heavy atom. The molecule has 0 aliphatic carbocycles. The first-order chi connectivity index (χ1) is 15.4. The monoisotopic (exact) mass is 671 g/mol. The number of cyclic esters (lactones) is 1. The van der Waals surface area contributed by atoms with E-state index < -0.39 is 5.97 Å². The number of hydrogen-bond donors (Lipinski definition) is 0. The number of aliphatic imine (C=N–C) groups is 1. The van der Waals surface area contributed by atoms with E-state index in [1.54, 1.807) is 19.3 Å². The number of methoxy groups -OCH3 is 1. The van der Waals surface area contributed by atoms with Crippen molar-refractivity contribution >= 4 is 74.7 Å². The van der Waals surface area contributed by atoms with Crippen LogP contribution in [-0.2, 0) is 16.1 Å². The number of ether oxygens (including phenoxy) is 3. The van der Waals surface area contributed by atoms with E-state index in [1.165, 1.54) is 0 Å². The number of rotatable bonds is 6. The normalized spacial score (nSPS) is 14.3. The number of halogens is 3. The summed E-state index contributed by atoms with van der Waals surface area (Å²) in [6.07, 6.45) is 1.68. The molecule has 1 heterocycles. The molecular weight excluding hydrogens is 656 g/mol. The average molecular weight is 672 g/mol. The van der Waals surface area contributed by atoms with Gasteiger partial charge in [0.15, 0.2) is 17.2 Å². The van der Waals surface area contributed by atoms with Gasteiger partial charge < -0.3 is 14.2 Å². The third kappa shape index (κ3) is 5.44. The number of nitrogens with zero attached hydrogens (tertiary/aromatic N) is 1. The topological polar surface area (TPSA) is 57.1 Å². The van der Waals surface area contributed by atoms with Gasteiger partial charge in [0.1, 0.15) is 6.61 Å². The molecule has 1 aliphatic heterocycles. The van der Waals surface area contributed by atoms with Crippen molar-refractivity contribution < 1.29 is 19.0 Å². The molecular formula is C24H16ClI2NO4. The zero-order valence-electron chi connectivity index (χ0n) is 16.8. The van der Waals surface area contributed by atoms with Crippen LogP contribution in [0, 0.1) is 7.14 Å².